The van der Waals surface area contributed by atoms with Crippen LogP contribution in [-0.4, -0.2) is 0 Å². The van der Waals surface area contributed by atoms with Gasteiger partial charge < -0.3 is 0 Å². The van der Waals surface area contributed by atoms with E-state index in [2.05, 4.69) is 107 Å². The van der Waals surface area contributed by atoms with Crippen molar-refractivity contribution in [2.24, 2.45) is 0 Å². The summed E-state index contributed by atoms with van der Waals surface area (Å²) in [5, 5.41) is 5.23. The SMILES string of the molecule is Brc1ccc2cc(-c3ccc4c5c(cccc35)-c3ccccc3-4)ccc2c1. The van der Waals surface area contributed by atoms with Crippen LogP contribution >= 0.6 is 15.9 Å². The summed E-state index contributed by atoms with van der Waals surface area (Å²) in [6.07, 6.45) is 0. The molecule has 5 aromatic carbocycles. The van der Waals surface area contributed by atoms with Crippen LogP contribution in [-0.2, 0) is 0 Å². The molecule has 0 heterocycles. The average Bonchev–Trinajstić information content (AvgIpc) is 3.04. The van der Waals surface area contributed by atoms with Crippen molar-refractivity contribution in [3.8, 4) is 33.4 Å². The predicted octanol–water partition coefficient (Wildman–Crippen LogP) is 8.07. The van der Waals surface area contributed by atoms with Crippen LogP contribution in [0.15, 0.2) is 95.5 Å². The molecular formula is C26H15Br. The first kappa shape index (κ1) is 15.2. The third-order valence-corrected chi connectivity index (χ3v) is 6.15. The van der Waals surface area contributed by atoms with Gasteiger partial charge in [-0.3, -0.25) is 0 Å². The van der Waals surface area contributed by atoms with Crippen molar-refractivity contribution < 1.29 is 0 Å². The first-order valence-corrected chi connectivity index (χ1v) is 9.94. The van der Waals surface area contributed by atoms with Gasteiger partial charge in [0.05, 0.1) is 0 Å². The summed E-state index contributed by atoms with van der Waals surface area (Å²) < 4.78 is 1.12. The van der Waals surface area contributed by atoms with Gasteiger partial charge in [0.1, 0.15) is 0 Å². The van der Waals surface area contributed by atoms with Crippen molar-refractivity contribution in [2.75, 3.05) is 0 Å². The second-order valence-corrected chi connectivity index (χ2v) is 8.06. The zero-order valence-corrected chi connectivity index (χ0v) is 16.1. The number of fused-ring (bicyclic) bond motifs is 4. The van der Waals surface area contributed by atoms with Crippen molar-refractivity contribution in [1.29, 1.82) is 0 Å². The number of halogens is 1. The van der Waals surface area contributed by atoms with E-state index in [0.717, 1.165) is 4.47 Å². The van der Waals surface area contributed by atoms with Crippen LogP contribution in [0.5, 0.6) is 0 Å². The predicted molar refractivity (Wildman–Crippen MR) is 119 cm³/mol. The van der Waals surface area contributed by atoms with E-state index in [1.165, 1.54) is 54.9 Å². The van der Waals surface area contributed by atoms with Gasteiger partial charge in [-0.2, -0.15) is 0 Å². The lowest BCUT2D eigenvalue weighted by atomic mass is 9.93. The van der Waals surface area contributed by atoms with E-state index in [1.54, 1.807) is 0 Å². The second-order valence-electron chi connectivity index (χ2n) is 7.14. The topological polar surface area (TPSA) is 0 Å². The highest BCUT2D eigenvalue weighted by Crippen LogP contribution is 2.49. The number of hydrogen-bond acceptors (Lipinski definition) is 0. The fraction of sp³-hybridized carbons (Fsp3) is 0. The van der Waals surface area contributed by atoms with Crippen molar-refractivity contribution in [1.82, 2.24) is 0 Å². The largest absolute Gasteiger partial charge is 0.0616 e. The second kappa shape index (κ2) is 5.55. The summed E-state index contributed by atoms with van der Waals surface area (Å²) in [5.74, 6) is 0. The molecule has 0 atom stereocenters. The molecule has 0 aromatic heterocycles. The molecular weight excluding hydrogens is 392 g/mol. The highest BCUT2D eigenvalue weighted by Gasteiger charge is 2.21. The Morgan fingerprint density at radius 2 is 1.15 bits per heavy atom. The molecule has 0 bridgehead atoms. The van der Waals surface area contributed by atoms with E-state index in [4.69, 9.17) is 0 Å². The van der Waals surface area contributed by atoms with E-state index in [0.29, 0.717) is 0 Å². The smallest absolute Gasteiger partial charge is 0.0181 e. The molecule has 0 spiro atoms. The molecule has 0 nitrogen and oxygen atoms in total. The average molecular weight is 407 g/mol. The van der Waals surface area contributed by atoms with Crippen molar-refractivity contribution in [3.05, 3.63) is 95.5 Å². The van der Waals surface area contributed by atoms with Gasteiger partial charge in [0.15, 0.2) is 0 Å². The van der Waals surface area contributed by atoms with E-state index in [-0.39, 0.29) is 0 Å². The van der Waals surface area contributed by atoms with Gasteiger partial charge in [-0.05, 0) is 73.1 Å². The Bertz CT molecular complexity index is 1350. The zero-order chi connectivity index (χ0) is 18.0. The Hall–Kier alpha value is -2.90. The molecule has 0 unspecified atom stereocenters. The fourth-order valence-corrected chi connectivity index (χ4v) is 4.82. The van der Waals surface area contributed by atoms with Gasteiger partial charge in [-0.15, -0.1) is 0 Å². The zero-order valence-electron chi connectivity index (χ0n) is 14.5. The third-order valence-electron chi connectivity index (χ3n) is 5.66. The molecule has 27 heavy (non-hydrogen) atoms. The lowest BCUT2D eigenvalue weighted by Gasteiger charge is -2.11. The highest BCUT2D eigenvalue weighted by atomic mass is 79.9. The van der Waals surface area contributed by atoms with Gasteiger partial charge in [0.2, 0.25) is 0 Å². The summed E-state index contributed by atoms with van der Waals surface area (Å²) >= 11 is 3.57. The van der Waals surface area contributed by atoms with Gasteiger partial charge in [0, 0.05) is 4.47 Å². The maximum Gasteiger partial charge on any atom is 0.0181 e. The minimum atomic E-state index is 1.12. The van der Waals surface area contributed by atoms with Crippen LogP contribution < -0.4 is 0 Å². The van der Waals surface area contributed by atoms with E-state index >= 15 is 0 Å². The number of benzene rings is 5. The van der Waals surface area contributed by atoms with Gasteiger partial charge >= 0.3 is 0 Å². The van der Waals surface area contributed by atoms with Crippen molar-refractivity contribution in [3.63, 3.8) is 0 Å². The van der Waals surface area contributed by atoms with Gasteiger partial charge in [0.25, 0.3) is 0 Å². The first-order chi connectivity index (χ1) is 13.3. The monoisotopic (exact) mass is 406 g/mol. The third kappa shape index (κ3) is 2.15. The molecule has 0 N–H and O–H groups in total. The van der Waals surface area contributed by atoms with Crippen LogP contribution in [0.3, 0.4) is 0 Å². The molecule has 0 fully saturated rings. The van der Waals surface area contributed by atoms with Gasteiger partial charge in [-0.25, -0.2) is 0 Å². The van der Waals surface area contributed by atoms with Crippen molar-refractivity contribution in [2.45, 2.75) is 0 Å². The maximum atomic E-state index is 3.57. The molecule has 0 saturated heterocycles. The Labute approximate surface area is 166 Å². The molecule has 0 amide bonds. The normalized spacial score (nSPS) is 11.9. The maximum absolute atomic E-state index is 3.57. The molecule has 5 aromatic rings. The number of hydrogen-bond donors (Lipinski definition) is 0. The molecule has 0 aliphatic heterocycles. The standard InChI is InChI=1S/C26H15Br/c27-19-11-10-16-14-18(9-8-17(16)15-19)20-12-13-25-22-5-2-1-4-21(22)24-7-3-6-23(20)26(24)25/h1-15H. The summed E-state index contributed by atoms with van der Waals surface area (Å²) in [6.45, 7) is 0. The molecule has 0 radical (unpaired) electrons. The van der Waals surface area contributed by atoms with E-state index in [1.807, 2.05) is 0 Å². The lowest BCUT2D eigenvalue weighted by molar-refractivity contribution is 1.67. The Balaban J connectivity index is 1.65. The van der Waals surface area contributed by atoms with Crippen LogP contribution in [0.4, 0.5) is 0 Å². The summed E-state index contributed by atoms with van der Waals surface area (Å²) in [7, 11) is 0. The molecule has 1 aliphatic rings. The fourth-order valence-electron chi connectivity index (χ4n) is 4.44. The first-order valence-electron chi connectivity index (χ1n) is 9.15. The minimum absolute atomic E-state index is 1.12. The molecule has 1 aliphatic carbocycles. The van der Waals surface area contributed by atoms with Gasteiger partial charge in [-0.1, -0.05) is 88.7 Å². The molecule has 0 saturated carbocycles. The lowest BCUT2D eigenvalue weighted by Crippen LogP contribution is -1.84. The van der Waals surface area contributed by atoms with Crippen LogP contribution in [0, 0.1) is 0 Å². The summed E-state index contributed by atoms with van der Waals surface area (Å²) in [4.78, 5) is 0. The quantitative estimate of drug-likeness (QED) is 0.259. The van der Waals surface area contributed by atoms with Crippen LogP contribution in [0.1, 0.15) is 0 Å². The minimum Gasteiger partial charge on any atom is -0.0616 e. The van der Waals surface area contributed by atoms with Crippen molar-refractivity contribution >= 4 is 37.5 Å². The Morgan fingerprint density at radius 1 is 0.481 bits per heavy atom. The van der Waals surface area contributed by atoms with E-state index in [9.17, 15) is 0 Å². The van der Waals surface area contributed by atoms with E-state index < -0.39 is 0 Å². The Kier molecular flexibility index (Phi) is 3.12. The Morgan fingerprint density at radius 3 is 2.00 bits per heavy atom. The summed E-state index contributed by atoms with van der Waals surface area (Å²) in [5.41, 5.74) is 7.96. The molecule has 1 heteroatoms. The number of rotatable bonds is 1. The summed E-state index contributed by atoms with van der Waals surface area (Å²) in [6, 6.07) is 33.2. The highest BCUT2D eigenvalue weighted by molar-refractivity contribution is 9.10. The van der Waals surface area contributed by atoms with Crippen LogP contribution in [0.2, 0.25) is 0 Å². The molecule has 6 rings (SSSR count). The van der Waals surface area contributed by atoms with Crippen LogP contribution in [0.25, 0.3) is 54.9 Å². The molecule has 126 valence electrons.